The van der Waals surface area contributed by atoms with E-state index in [1.54, 1.807) is 12.1 Å². The van der Waals surface area contributed by atoms with Crippen molar-refractivity contribution in [3.05, 3.63) is 48.0 Å². The molecule has 0 amide bonds. The van der Waals surface area contributed by atoms with E-state index in [4.69, 9.17) is 5.11 Å². The van der Waals surface area contributed by atoms with Crippen LogP contribution in [0.25, 0.3) is 10.8 Å². The summed E-state index contributed by atoms with van der Waals surface area (Å²) in [5, 5.41) is 20.6. The highest BCUT2D eigenvalue weighted by atomic mass is 16.4. The number of carboxylic acid groups (broad SMARTS) is 1. The molecule has 0 saturated carbocycles. The van der Waals surface area contributed by atoms with E-state index in [0.29, 0.717) is 5.56 Å². The van der Waals surface area contributed by atoms with E-state index in [9.17, 15) is 9.90 Å². The van der Waals surface area contributed by atoms with Crippen molar-refractivity contribution >= 4 is 16.7 Å². The summed E-state index contributed by atoms with van der Waals surface area (Å²) >= 11 is 0. The lowest BCUT2D eigenvalue weighted by Gasteiger charge is -2.20. The van der Waals surface area contributed by atoms with Crippen LogP contribution in [0, 0.1) is 0 Å². The maximum Gasteiger partial charge on any atom is 0.340 e. The first-order valence-corrected chi connectivity index (χ1v) is 4.97. The molecule has 82 valence electrons. The predicted octanol–water partition coefficient (Wildman–Crippen LogP) is 2.13. The topological polar surface area (TPSA) is 57.5 Å². The average molecular weight is 216 g/mol. The highest BCUT2D eigenvalue weighted by Crippen LogP contribution is 2.28. The molecule has 0 aromatic heterocycles. The molecule has 0 saturated heterocycles. The fourth-order valence-corrected chi connectivity index (χ4v) is 1.77. The lowest BCUT2D eigenvalue weighted by atomic mass is 9.91. The maximum absolute atomic E-state index is 11.0. The highest BCUT2D eigenvalue weighted by Gasteiger charge is 2.33. The number of fused-ring (bicyclic) bond motifs is 1. The van der Waals surface area contributed by atoms with E-state index in [1.165, 1.54) is 6.92 Å². The monoisotopic (exact) mass is 216 g/mol. The third kappa shape index (κ3) is 1.55. The van der Waals surface area contributed by atoms with Crippen molar-refractivity contribution in [2.75, 3.05) is 0 Å². The molecule has 0 radical (unpaired) electrons. The molecule has 0 spiro atoms. The summed E-state index contributed by atoms with van der Waals surface area (Å²) < 4.78 is 0. The Bertz CT molecular complexity index is 538. The van der Waals surface area contributed by atoms with Crippen LogP contribution in [0.2, 0.25) is 0 Å². The Balaban J connectivity index is 2.74. The summed E-state index contributed by atoms with van der Waals surface area (Å²) in [7, 11) is 0. The van der Waals surface area contributed by atoms with Crippen molar-refractivity contribution < 1.29 is 15.0 Å². The molecule has 0 fully saturated rings. The summed E-state index contributed by atoms with van der Waals surface area (Å²) in [6.45, 7) is 1.29. The third-order valence-corrected chi connectivity index (χ3v) is 2.73. The Hall–Kier alpha value is -1.87. The first kappa shape index (κ1) is 10.6. The molecule has 0 aliphatic carbocycles. The summed E-state index contributed by atoms with van der Waals surface area (Å²) in [5.74, 6) is -1.25. The Labute approximate surface area is 93.0 Å². The summed E-state index contributed by atoms with van der Waals surface area (Å²) in [6.07, 6.45) is 0. The zero-order chi connectivity index (χ0) is 11.8. The number of aliphatic carboxylic acids is 1. The molecule has 0 aliphatic rings. The predicted molar refractivity (Wildman–Crippen MR) is 61.2 cm³/mol. The Morgan fingerprint density at radius 3 is 2.44 bits per heavy atom. The summed E-state index contributed by atoms with van der Waals surface area (Å²) in [6, 6.07) is 12.7. The van der Waals surface area contributed by atoms with E-state index in [1.807, 2.05) is 30.3 Å². The number of benzene rings is 2. The van der Waals surface area contributed by atoms with Crippen LogP contribution in [0.3, 0.4) is 0 Å². The van der Waals surface area contributed by atoms with Crippen LogP contribution in [0.4, 0.5) is 0 Å². The van der Waals surface area contributed by atoms with Gasteiger partial charge in [0, 0.05) is 5.56 Å². The summed E-state index contributed by atoms with van der Waals surface area (Å²) in [5.41, 5.74) is -1.45. The second-order valence-corrected chi connectivity index (χ2v) is 3.90. The molecule has 16 heavy (non-hydrogen) atoms. The average Bonchev–Trinajstić information content (AvgIpc) is 2.28. The highest BCUT2D eigenvalue weighted by molar-refractivity contribution is 5.91. The van der Waals surface area contributed by atoms with Crippen LogP contribution < -0.4 is 0 Å². The molecule has 0 bridgehead atoms. The van der Waals surface area contributed by atoms with Crippen molar-refractivity contribution in [2.45, 2.75) is 12.5 Å². The van der Waals surface area contributed by atoms with Gasteiger partial charge in [-0.1, -0.05) is 42.5 Å². The third-order valence-electron chi connectivity index (χ3n) is 2.73. The molecule has 3 nitrogen and oxygen atoms in total. The number of aliphatic hydroxyl groups is 1. The van der Waals surface area contributed by atoms with Crippen molar-refractivity contribution in [3.8, 4) is 0 Å². The Morgan fingerprint density at radius 2 is 1.75 bits per heavy atom. The smallest absolute Gasteiger partial charge is 0.340 e. The van der Waals surface area contributed by atoms with E-state index < -0.39 is 11.6 Å². The molecule has 2 N–H and O–H groups in total. The van der Waals surface area contributed by atoms with Gasteiger partial charge in [0.1, 0.15) is 0 Å². The zero-order valence-electron chi connectivity index (χ0n) is 8.84. The van der Waals surface area contributed by atoms with Crippen molar-refractivity contribution in [2.24, 2.45) is 0 Å². The molecular formula is C13H12O3. The van der Waals surface area contributed by atoms with Gasteiger partial charge in [0.05, 0.1) is 0 Å². The molecule has 0 heterocycles. The van der Waals surface area contributed by atoms with Gasteiger partial charge in [-0.15, -0.1) is 0 Å². The van der Waals surface area contributed by atoms with Gasteiger partial charge >= 0.3 is 5.97 Å². The molecular weight excluding hydrogens is 204 g/mol. The molecule has 2 rings (SSSR count). The standard InChI is InChI=1S/C13H12O3/c1-13(16,12(14)15)11-8-4-6-9-5-2-3-7-10(9)11/h2-8,16H,1H3,(H,14,15)/t13-/m0/s1. The molecule has 1 atom stereocenters. The van der Waals surface area contributed by atoms with Crippen LogP contribution in [0.15, 0.2) is 42.5 Å². The number of hydrogen-bond donors (Lipinski definition) is 2. The van der Waals surface area contributed by atoms with Gasteiger partial charge in [0.2, 0.25) is 0 Å². The minimum absolute atomic E-state index is 0.415. The second kappa shape index (κ2) is 3.61. The number of carbonyl (C=O) groups is 1. The van der Waals surface area contributed by atoms with Crippen LogP contribution in [0.1, 0.15) is 12.5 Å². The Kier molecular flexibility index (Phi) is 2.40. The minimum atomic E-state index is -1.86. The van der Waals surface area contributed by atoms with E-state index in [-0.39, 0.29) is 0 Å². The molecule has 0 unspecified atom stereocenters. The lowest BCUT2D eigenvalue weighted by Crippen LogP contribution is -2.31. The molecule has 2 aromatic rings. The maximum atomic E-state index is 11.0. The van der Waals surface area contributed by atoms with Crippen LogP contribution >= 0.6 is 0 Å². The number of rotatable bonds is 2. The van der Waals surface area contributed by atoms with Crippen molar-refractivity contribution in [1.29, 1.82) is 0 Å². The van der Waals surface area contributed by atoms with E-state index in [0.717, 1.165) is 10.8 Å². The quantitative estimate of drug-likeness (QED) is 0.808. The van der Waals surface area contributed by atoms with Gasteiger partial charge in [-0.2, -0.15) is 0 Å². The number of carboxylic acids is 1. The first-order valence-electron chi connectivity index (χ1n) is 4.97. The largest absolute Gasteiger partial charge is 0.479 e. The fourth-order valence-electron chi connectivity index (χ4n) is 1.77. The molecule has 3 heteroatoms. The minimum Gasteiger partial charge on any atom is -0.479 e. The van der Waals surface area contributed by atoms with Gasteiger partial charge in [0.25, 0.3) is 0 Å². The second-order valence-electron chi connectivity index (χ2n) is 3.90. The van der Waals surface area contributed by atoms with Gasteiger partial charge in [0.15, 0.2) is 5.60 Å². The van der Waals surface area contributed by atoms with Crippen LogP contribution in [-0.4, -0.2) is 16.2 Å². The van der Waals surface area contributed by atoms with Crippen LogP contribution in [0.5, 0.6) is 0 Å². The molecule has 2 aromatic carbocycles. The van der Waals surface area contributed by atoms with Crippen molar-refractivity contribution in [3.63, 3.8) is 0 Å². The SMILES string of the molecule is C[C@@](O)(C(=O)O)c1cccc2ccccc12. The fraction of sp³-hybridized carbons (Fsp3) is 0.154. The number of hydrogen-bond acceptors (Lipinski definition) is 2. The van der Waals surface area contributed by atoms with Crippen molar-refractivity contribution in [1.82, 2.24) is 0 Å². The lowest BCUT2D eigenvalue weighted by molar-refractivity contribution is -0.157. The zero-order valence-corrected chi connectivity index (χ0v) is 8.84. The van der Waals surface area contributed by atoms with E-state index >= 15 is 0 Å². The van der Waals surface area contributed by atoms with Gasteiger partial charge in [-0.3, -0.25) is 0 Å². The van der Waals surface area contributed by atoms with E-state index in [2.05, 4.69) is 0 Å². The van der Waals surface area contributed by atoms with Crippen LogP contribution in [-0.2, 0) is 10.4 Å². The van der Waals surface area contributed by atoms with Gasteiger partial charge in [-0.25, -0.2) is 4.79 Å². The first-order chi connectivity index (χ1) is 7.53. The molecule has 0 aliphatic heterocycles. The van der Waals surface area contributed by atoms with Gasteiger partial charge < -0.3 is 10.2 Å². The summed E-state index contributed by atoms with van der Waals surface area (Å²) in [4.78, 5) is 11.0. The Morgan fingerprint density at radius 1 is 1.12 bits per heavy atom. The van der Waals surface area contributed by atoms with Gasteiger partial charge in [-0.05, 0) is 17.7 Å². The normalized spacial score (nSPS) is 14.6.